The Kier molecular flexibility index (Phi) is 4.04. The molecule has 23 heavy (non-hydrogen) atoms. The van der Waals surface area contributed by atoms with Crippen LogP contribution in [0.5, 0.6) is 0 Å². The molecule has 7 heteroatoms. The van der Waals surface area contributed by atoms with Crippen LogP contribution in [-0.2, 0) is 10.0 Å². The van der Waals surface area contributed by atoms with Crippen LogP contribution in [0, 0.1) is 13.8 Å². The standard InChI is InChI=1S/C16H14Cl2N2O2S/c1-9-10(2)19-15-6-4-12(8-13(9)15)20-23(21,22)16-7-11(17)3-5-14(16)18/h3-8,19-20H,1-2H3. The third-order valence-corrected chi connectivity index (χ3v) is 5.84. The highest BCUT2D eigenvalue weighted by molar-refractivity contribution is 7.92. The van der Waals surface area contributed by atoms with E-state index in [0.717, 1.165) is 22.2 Å². The molecule has 0 aliphatic rings. The summed E-state index contributed by atoms with van der Waals surface area (Å²) in [5.41, 5.74) is 3.57. The van der Waals surface area contributed by atoms with Gasteiger partial charge < -0.3 is 4.98 Å². The van der Waals surface area contributed by atoms with Gasteiger partial charge in [-0.15, -0.1) is 0 Å². The normalized spacial score (nSPS) is 11.8. The average molecular weight is 369 g/mol. The van der Waals surface area contributed by atoms with Gasteiger partial charge in [0.15, 0.2) is 0 Å². The van der Waals surface area contributed by atoms with Gasteiger partial charge in [0, 0.05) is 27.3 Å². The van der Waals surface area contributed by atoms with E-state index in [0.29, 0.717) is 10.7 Å². The molecule has 1 heterocycles. The third kappa shape index (κ3) is 3.04. The Labute approximate surface area is 144 Å². The summed E-state index contributed by atoms with van der Waals surface area (Å²) in [6, 6.07) is 9.67. The highest BCUT2D eigenvalue weighted by atomic mass is 35.5. The number of anilines is 1. The fourth-order valence-corrected chi connectivity index (χ4v) is 4.23. The van der Waals surface area contributed by atoms with Gasteiger partial charge in [-0.25, -0.2) is 8.42 Å². The van der Waals surface area contributed by atoms with E-state index >= 15 is 0 Å². The lowest BCUT2D eigenvalue weighted by Crippen LogP contribution is -2.13. The van der Waals surface area contributed by atoms with Crippen LogP contribution in [0.1, 0.15) is 11.3 Å². The molecule has 0 amide bonds. The molecular weight excluding hydrogens is 355 g/mol. The smallest absolute Gasteiger partial charge is 0.263 e. The van der Waals surface area contributed by atoms with Gasteiger partial charge in [-0.3, -0.25) is 4.72 Å². The van der Waals surface area contributed by atoms with E-state index < -0.39 is 10.0 Å². The number of aromatic amines is 1. The van der Waals surface area contributed by atoms with Crippen molar-refractivity contribution in [2.24, 2.45) is 0 Å². The summed E-state index contributed by atoms with van der Waals surface area (Å²) < 4.78 is 27.6. The van der Waals surface area contributed by atoms with E-state index in [1.807, 2.05) is 19.9 Å². The van der Waals surface area contributed by atoms with Crippen molar-refractivity contribution in [2.75, 3.05) is 4.72 Å². The van der Waals surface area contributed by atoms with Crippen LogP contribution >= 0.6 is 23.2 Å². The second-order valence-corrected chi connectivity index (χ2v) is 7.81. The molecule has 120 valence electrons. The van der Waals surface area contributed by atoms with E-state index in [1.54, 1.807) is 18.2 Å². The highest BCUT2D eigenvalue weighted by Gasteiger charge is 2.19. The van der Waals surface area contributed by atoms with E-state index in [-0.39, 0.29) is 9.92 Å². The zero-order valence-electron chi connectivity index (χ0n) is 12.4. The first-order valence-corrected chi connectivity index (χ1v) is 9.08. The molecule has 0 radical (unpaired) electrons. The monoisotopic (exact) mass is 368 g/mol. The minimum Gasteiger partial charge on any atom is -0.358 e. The molecule has 4 nitrogen and oxygen atoms in total. The van der Waals surface area contributed by atoms with Gasteiger partial charge in [0.1, 0.15) is 4.90 Å². The largest absolute Gasteiger partial charge is 0.358 e. The fraction of sp³-hybridized carbons (Fsp3) is 0.125. The first-order valence-electron chi connectivity index (χ1n) is 6.85. The molecule has 2 aromatic carbocycles. The second kappa shape index (κ2) is 5.74. The first-order chi connectivity index (χ1) is 10.8. The molecular formula is C16H14Cl2N2O2S. The minimum absolute atomic E-state index is 0.0475. The lowest BCUT2D eigenvalue weighted by Gasteiger charge is -2.10. The molecule has 2 N–H and O–H groups in total. The van der Waals surface area contributed by atoms with Crippen molar-refractivity contribution in [3.05, 3.63) is 57.7 Å². The number of aryl methyl sites for hydroxylation is 2. The summed E-state index contributed by atoms with van der Waals surface area (Å²) in [5, 5.41) is 1.40. The molecule has 0 saturated heterocycles. The zero-order chi connectivity index (χ0) is 16.8. The van der Waals surface area contributed by atoms with Crippen LogP contribution in [-0.4, -0.2) is 13.4 Å². The van der Waals surface area contributed by atoms with Crippen molar-refractivity contribution < 1.29 is 8.42 Å². The number of hydrogen-bond donors (Lipinski definition) is 2. The molecule has 0 fully saturated rings. The third-order valence-electron chi connectivity index (χ3n) is 3.74. The van der Waals surface area contributed by atoms with Crippen molar-refractivity contribution in [1.82, 2.24) is 4.98 Å². The average Bonchev–Trinajstić information content (AvgIpc) is 2.76. The summed E-state index contributed by atoms with van der Waals surface area (Å²) >= 11 is 11.9. The molecule has 0 unspecified atom stereocenters. The van der Waals surface area contributed by atoms with Gasteiger partial charge >= 0.3 is 0 Å². The van der Waals surface area contributed by atoms with E-state index in [2.05, 4.69) is 9.71 Å². The number of nitrogens with one attached hydrogen (secondary N) is 2. The molecule has 0 atom stereocenters. The number of sulfonamides is 1. The second-order valence-electron chi connectivity index (χ2n) is 5.32. The molecule has 1 aromatic heterocycles. The van der Waals surface area contributed by atoms with Gasteiger partial charge in [0.05, 0.1) is 5.02 Å². The summed E-state index contributed by atoms with van der Waals surface area (Å²) in [7, 11) is -3.82. The van der Waals surface area contributed by atoms with E-state index in [9.17, 15) is 8.42 Å². The summed E-state index contributed by atoms with van der Waals surface area (Å²) in [4.78, 5) is 3.20. The number of rotatable bonds is 3. The predicted molar refractivity (Wildman–Crippen MR) is 95.0 cm³/mol. The maximum Gasteiger partial charge on any atom is 0.263 e. The molecule has 0 aliphatic carbocycles. The molecule has 0 aliphatic heterocycles. The fourth-order valence-electron chi connectivity index (χ4n) is 2.42. The SMILES string of the molecule is Cc1[nH]c2ccc(NS(=O)(=O)c3cc(Cl)ccc3Cl)cc2c1C. The first kappa shape index (κ1) is 16.2. The summed E-state index contributed by atoms with van der Waals surface area (Å²) in [6.07, 6.45) is 0. The van der Waals surface area contributed by atoms with Crippen molar-refractivity contribution in [3.63, 3.8) is 0 Å². The molecule has 0 bridgehead atoms. The maximum atomic E-state index is 12.5. The molecule has 3 aromatic rings. The van der Waals surface area contributed by atoms with Crippen molar-refractivity contribution in [3.8, 4) is 0 Å². The molecule has 0 saturated carbocycles. The van der Waals surface area contributed by atoms with Crippen molar-refractivity contribution >= 4 is 49.8 Å². The number of fused-ring (bicyclic) bond motifs is 1. The quantitative estimate of drug-likeness (QED) is 0.690. The van der Waals surface area contributed by atoms with E-state index in [4.69, 9.17) is 23.2 Å². The number of H-pyrrole nitrogens is 1. The number of aromatic nitrogens is 1. The summed E-state index contributed by atoms with van der Waals surface area (Å²) in [6.45, 7) is 3.96. The summed E-state index contributed by atoms with van der Waals surface area (Å²) in [5.74, 6) is 0. The number of halogens is 2. The Morgan fingerprint density at radius 1 is 1.04 bits per heavy atom. The van der Waals surface area contributed by atoms with Gasteiger partial charge in [-0.2, -0.15) is 0 Å². The van der Waals surface area contributed by atoms with Crippen LogP contribution in [0.15, 0.2) is 41.3 Å². The van der Waals surface area contributed by atoms with Gasteiger partial charge in [0.25, 0.3) is 10.0 Å². The van der Waals surface area contributed by atoms with E-state index in [1.165, 1.54) is 12.1 Å². The van der Waals surface area contributed by atoms with Crippen LogP contribution in [0.2, 0.25) is 10.0 Å². The lowest BCUT2D eigenvalue weighted by molar-refractivity contribution is 0.601. The Balaban J connectivity index is 2.03. The Bertz CT molecular complexity index is 1010. The topological polar surface area (TPSA) is 62.0 Å². The number of benzene rings is 2. The molecule has 3 rings (SSSR count). The Morgan fingerprint density at radius 3 is 2.52 bits per heavy atom. The zero-order valence-corrected chi connectivity index (χ0v) is 14.8. The van der Waals surface area contributed by atoms with Crippen LogP contribution < -0.4 is 4.72 Å². The van der Waals surface area contributed by atoms with Crippen molar-refractivity contribution in [1.29, 1.82) is 0 Å². The Hall–Kier alpha value is -1.69. The van der Waals surface area contributed by atoms with Gasteiger partial charge in [0.2, 0.25) is 0 Å². The minimum atomic E-state index is -3.82. The van der Waals surface area contributed by atoms with Gasteiger partial charge in [-0.05, 0) is 55.8 Å². The highest BCUT2D eigenvalue weighted by Crippen LogP contribution is 2.29. The molecule has 0 spiro atoms. The van der Waals surface area contributed by atoms with Gasteiger partial charge in [-0.1, -0.05) is 23.2 Å². The maximum absolute atomic E-state index is 12.5. The van der Waals surface area contributed by atoms with Crippen LogP contribution in [0.3, 0.4) is 0 Å². The predicted octanol–water partition coefficient (Wildman–Crippen LogP) is 4.89. The Morgan fingerprint density at radius 2 is 1.78 bits per heavy atom. The number of hydrogen-bond acceptors (Lipinski definition) is 2. The van der Waals surface area contributed by atoms with Crippen LogP contribution in [0.4, 0.5) is 5.69 Å². The van der Waals surface area contributed by atoms with Crippen LogP contribution in [0.25, 0.3) is 10.9 Å². The van der Waals surface area contributed by atoms with Crippen molar-refractivity contribution in [2.45, 2.75) is 18.7 Å². The lowest BCUT2D eigenvalue weighted by atomic mass is 10.1.